The molecule has 1 aromatic carbocycles. The van der Waals surface area contributed by atoms with Gasteiger partial charge in [0.15, 0.2) is 0 Å². The van der Waals surface area contributed by atoms with E-state index in [1.165, 1.54) is 30.6 Å². The van der Waals surface area contributed by atoms with Crippen LogP contribution in [-0.4, -0.2) is 34.9 Å². The summed E-state index contributed by atoms with van der Waals surface area (Å²) in [6.07, 6.45) is 4.94. The lowest BCUT2D eigenvalue weighted by atomic mass is 10.1. The average molecular weight is 462 g/mol. The Kier molecular flexibility index (Phi) is 6.67. The van der Waals surface area contributed by atoms with Crippen LogP contribution in [0.2, 0.25) is 0 Å². The fraction of sp³-hybridized carbons (Fsp3) is 0.333. The molecule has 1 aliphatic rings. The molecular formula is C21H20FN3O4S2. The van der Waals surface area contributed by atoms with Gasteiger partial charge < -0.3 is 14.5 Å². The molecular weight excluding hydrogens is 441 g/mol. The van der Waals surface area contributed by atoms with Crippen molar-refractivity contribution in [2.24, 2.45) is 0 Å². The number of esters is 1. The Hall–Kier alpha value is -2.72. The number of aromatic nitrogens is 2. The number of carbonyl (C=O) groups excluding carboxylic acids is 2. The monoisotopic (exact) mass is 461 g/mol. The topological polar surface area (TPSA) is 94.3 Å². The highest BCUT2D eigenvalue weighted by Gasteiger charge is 2.26. The van der Waals surface area contributed by atoms with Gasteiger partial charge in [-0.1, -0.05) is 18.2 Å². The van der Waals surface area contributed by atoms with Gasteiger partial charge in [-0.25, -0.2) is 9.18 Å². The van der Waals surface area contributed by atoms with Gasteiger partial charge in [-0.3, -0.25) is 4.79 Å². The number of amides is 1. The van der Waals surface area contributed by atoms with E-state index in [4.69, 9.17) is 9.15 Å². The number of fused-ring (bicyclic) bond motifs is 1. The van der Waals surface area contributed by atoms with E-state index in [0.29, 0.717) is 16.1 Å². The molecule has 0 bridgehead atoms. The smallest absolute Gasteiger partial charge is 0.341 e. The van der Waals surface area contributed by atoms with Gasteiger partial charge in [0.1, 0.15) is 10.8 Å². The second-order valence-corrected chi connectivity index (χ2v) is 9.01. The van der Waals surface area contributed by atoms with E-state index >= 15 is 0 Å². The highest BCUT2D eigenvalue weighted by Crippen LogP contribution is 2.38. The van der Waals surface area contributed by atoms with Crippen LogP contribution in [0.15, 0.2) is 33.9 Å². The Morgan fingerprint density at radius 2 is 1.97 bits per heavy atom. The first kappa shape index (κ1) is 21.5. The number of ether oxygens (including phenoxy) is 1. The van der Waals surface area contributed by atoms with Crippen LogP contribution in [0.4, 0.5) is 9.39 Å². The van der Waals surface area contributed by atoms with Crippen molar-refractivity contribution in [1.82, 2.24) is 10.2 Å². The third-order valence-electron chi connectivity index (χ3n) is 4.89. The summed E-state index contributed by atoms with van der Waals surface area (Å²) < 4.78 is 23.5. The minimum Gasteiger partial charge on any atom is -0.465 e. The first-order chi connectivity index (χ1) is 15.0. The van der Waals surface area contributed by atoms with Crippen LogP contribution < -0.4 is 5.32 Å². The largest absolute Gasteiger partial charge is 0.465 e. The molecule has 4 rings (SSSR count). The molecule has 2 aromatic heterocycles. The van der Waals surface area contributed by atoms with Crippen molar-refractivity contribution in [2.45, 2.75) is 37.3 Å². The number of thiophene rings is 1. The molecule has 162 valence electrons. The summed E-state index contributed by atoms with van der Waals surface area (Å²) in [5.74, 6) is -0.783. The highest BCUT2D eigenvalue weighted by molar-refractivity contribution is 7.99. The summed E-state index contributed by atoms with van der Waals surface area (Å²) in [6.45, 7) is 0. The van der Waals surface area contributed by atoms with Crippen LogP contribution >= 0.6 is 23.1 Å². The molecule has 3 aromatic rings. The standard InChI is InChI=1S/C21H20FN3O4S2/c1-28-20(27)17-14-5-3-2-4-6-15(14)31-19(17)23-16(26)11-30-21-25-24-18(29-21)12-7-9-13(22)10-8-12/h7-10H,2-6,11H2,1H3,(H,23,26). The number of aryl methyl sites for hydroxylation is 1. The van der Waals surface area contributed by atoms with Crippen LogP contribution in [0.1, 0.15) is 40.1 Å². The summed E-state index contributed by atoms with van der Waals surface area (Å²) in [5, 5.41) is 11.4. The molecule has 2 heterocycles. The molecule has 7 nitrogen and oxygen atoms in total. The molecule has 0 saturated heterocycles. The van der Waals surface area contributed by atoms with E-state index in [2.05, 4.69) is 15.5 Å². The molecule has 0 aliphatic heterocycles. The summed E-state index contributed by atoms with van der Waals surface area (Å²) in [5.41, 5.74) is 2.06. The lowest BCUT2D eigenvalue weighted by Gasteiger charge is -2.07. The van der Waals surface area contributed by atoms with Gasteiger partial charge in [0.25, 0.3) is 5.22 Å². The Bertz CT molecular complexity index is 1090. The zero-order valence-corrected chi connectivity index (χ0v) is 18.4. The maximum Gasteiger partial charge on any atom is 0.341 e. The number of hydrogen-bond donors (Lipinski definition) is 1. The highest BCUT2D eigenvalue weighted by atomic mass is 32.2. The Morgan fingerprint density at radius 3 is 2.74 bits per heavy atom. The molecule has 1 amide bonds. The first-order valence-corrected chi connectivity index (χ1v) is 11.6. The summed E-state index contributed by atoms with van der Waals surface area (Å²) >= 11 is 2.53. The van der Waals surface area contributed by atoms with Crippen molar-refractivity contribution in [3.05, 3.63) is 46.1 Å². The number of thioether (sulfide) groups is 1. The Balaban J connectivity index is 1.42. The van der Waals surface area contributed by atoms with Gasteiger partial charge in [-0.15, -0.1) is 21.5 Å². The Labute approximate surface area is 186 Å². The lowest BCUT2D eigenvalue weighted by Crippen LogP contribution is -2.16. The van der Waals surface area contributed by atoms with E-state index in [1.807, 2.05) is 0 Å². The zero-order chi connectivity index (χ0) is 21.8. The fourth-order valence-corrected chi connectivity index (χ4v) is 5.27. The van der Waals surface area contributed by atoms with Gasteiger partial charge in [-0.2, -0.15) is 0 Å². The predicted molar refractivity (Wildman–Crippen MR) is 116 cm³/mol. The summed E-state index contributed by atoms with van der Waals surface area (Å²) in [6, 6.07) is 5.70. The van der Waals surface area contributed by atoms with E-state index in [0.717, 1.165) is 54.3 Å². The summed E-state index contributed by atoms with van der Waals surface area (Å²) in [4.78, 5) is 26.0. The van der Waals surface area contributed by atoms with Crippen molar-refractivity contribution in [3.63, 3.8) is 0 Å². The van der Waals surface area contributed by atoms with Crippen LogP contribution in [0.5, 0.6) is 0 Å². The molecule has 1 aliphatic carbocycles. The summed E-state index contributed by atoms with van der Waals surface area (Å²) in [7, 11) is 1.35. The van der Waals surface area contributed by atoms with E-state index in [9.17, 15) is 14.0 Å². The number of halogens is 1. The van der Waals surface area contributed by atoms with Crippen LogP contribution in [-0.2, 0) is 22.4 Å². The molecule has 0 radical (unpaired) electrons. The number of hydrogen-bond acceptors (Lipinski definition) is 8. The number of anilines is 1. The molecule has 0 atom stereocenters. The minimum atomic E-state index is -0.428. The van der Waals surface area contributed by atoms with Crippen molar-refractivity contribution in [3.8, 4) is 11.5 Å². The van der Waals surface area contributed by atoms with E-state index < -0.39 is 5.97 Å². The molecule has 10 heteroatoms. The molecule has 0 unspecified atom stereocenters. The first-order valence-electron chi connectivity index (χ1n) is 9.80. The maximum absolute atomic E-state index is 13.0. The second kappa shape index (κ2) is 9.61. The van der Waals surface area contributed by atoms with Crippen molar-refractivity contribution in [1.29, 1.82) is 0 Å². The van der Waals surface area contributed by atoms with Gasteiger partial charge in [0.2, 0.25) is 11.8 Å². The number of nitrogens with one attached hydrogen (secondary N) is 1. The molecule has 0 spiro atoms. The molecule has 1 N–H and O–H groups in total. The van der Waals surface area contributed by atoms with Crippen LogP contribution in [0.25, 0.3) is 11.5 Å². The van der Waals surface area contributed by atoms with Crippen molar-refractivity contribution >= 4 is 40.0 Å². The van der Waals surface area contributed by atoms with Gasteiger partial charge >= 0.3 is 5.97 Å². The molecule has 31 heavy (non-hydrogen) atoms. The number of carbonyl (C=O) groups is 2. The fourth-order valence-electron chi connectivity index (χ4n) is 3.42. The van der Waals surface area contributed by atoms with Crippen molar-refractivity contribution in [2.75, 3.05) is 18.2 Å². The number of nitrogens with zero attached hydrogens (tertiary/aromatic N) is 2. The predicted octanol–water partition coefficient (Wildman–Crippen LogP) is 4.72. The van der Waals surface area contributed by atoms with E-state index in [1.54, 1.807) is 12.1 Å². The van der Waals surface area contributed by atoms with Crippen LogP contribution in [0, 0.1) is 5.82 Å². The van der Waals surface area contributed by atoms with Gasteiger partial charge in [0, 0.05) is 10.4 Å². The SMILES string of the molecule is COC(=O)c1c(NC(=O)CSc2nnc(-c3ccc(F)cc3)o2)sc2c1CCCCC2. The van der Waals surface area contributed by atoms with E-state index in [-0.39, 0.29) is 28.6 Å². The normalized spacial score (nSPS) is 13.4. The van der Waals surface area contributed by atoms with Gasteiger partial charge in [0.05, 0.1) is 18.4 Å². The second-order valence-electron chi connectivity index (χ2n) is 6.98. The third-order valence-corrected chi connectivity index (χ3v) is 6.91. The third kappa shape index (κ3) is 4.96. The number of methoxy groups -OCH3 is 1. The minimum absolute atomic E-state index is 0.0359. The quantitative estimate of drug-likeness (QED) is 0.322. The Morgan fingerprint density at radius 1 is 1.19 bits per heavy atom. The lowest BCUT2D eigenvalue weighted by molar-refractivity contribution is -0.113. The number of benzene rings is 1. The average Bonchev–Trinajstić information content (AvgIpc) is 3.30. The number of rotatable bonds is 6. The zero-order valence-electron chi connectivity index (χ0n) is 16.8. The van der Waals surface area contributed by atoms with Crippen molar-refractivity contribution < 1.29 is 23.1 Å². The molecule has 0 fully saturated rings. The van der Waals surface area contributed by atoms with Gasteiger partial charge in [-0.05, 0) is 55.5 Å². The van der Waals surface area contributed by atoms with Crippen LogP contribution in [0.3, 0.4) is 0 Å². The molecule has 0 saturated carbocycles. The maximum atomic E-state index is 13.0.